The molecule has 3 aromatic rings. The maximum Gasteiger partial charge on any atom is 0.245 e. The van der Waals surface area contributed by atoms with Crippen LogP contribution < -0.4 is 10.2 Å². The molecule has 1 fully saturated rings. The maximum atomic E-state index is 6.11. The van der Waals surface area contributed by atoms with E-state index in [4.69, 9.17) is 27.8 Å². The van der Waals surface area contributed by atoms with Crippen molar-refractivity contribution in [1.29, 1.82) is 0 Å². The third-order valence-electron chi connectivity index (χ3n) is 4.18. The number of rotatable bonds is 3. The van der Waals surface area contributed by atoms with Crippen molar-refractivity contribution in [1.82, 2.24) is 20.3 Å². The summed E-state index contributed by atoms with van der Waals surface area (Å²) in [5.74, 6) is 1.35. The zero-order valence-electron chi connectivity index (χ0n) is 13.4. The first-order chi connectivity index (χ1) is 12.2. The first kappa shape index (κ1) is 16.4. The third kappa shape index (κ3) is 3.48. The van der Waals surface area contributed by atoms with Gasteiger partial charge < -0.3 is 10.2 Å². The average molecular weight is 379 g/mol. The van der Waals surface area contributed by atoms with Crippen molar-refractivity contribution >= 4 is 51.8 Å². The lowest BCUT2D eigenvalue weighted by atomic mass is 10.2. The molecule has 0 atom stereocenters. The molecule has 1 saturated heterocycles. The largest absolute Gasteiger partial charge is 0.353 e. The lowest BCUT2D eigenvalue weighted by molar-refractivity contribution is 0.314. The van der Waals surface area contributed by atoms with E-state index in [1.54, 1.807) is 12.1 Å². The Morgan fingerprint density at radius 1 is 0.920 bits per heavy atom. The number of hydrogen-bond donors (Lipinski definition) is 1. The van der Waals surface area contributed by atoms with Gasteiger partial charge in [-0.25, -0.2) is 14.6 Å². The van der Waals surface area contributed by atoms with Crippen LogP contribution in [0.4, 0.5) is 17.3 Å². The summed E-state index contributed by atoms with van der Waals surface area (Å²) in [4.78, 5) is 11.4. The van der Waals surface area contributed by atoms with Crippen molar-refractivity contribution in [3.8, 4) is 0 Å². The van der Waals surface area contributed by atoms with Crippen molar-refractivity contribution < 1.29 is 4.63 Å². The molecule has 7 nitrogen and oxygen atoms in total. The SMILES string of the molecule is Clc1ccc(Nc2nc3nonc3nc2N2CCCCCC2)cc1Cl. The van der Waals surface area contributed by atoms with E-state index in [-0.39, 0.29) is 0 Å². The van der Waals surface area contributed by atoms with Crippen molar-refractivity contribution in [2.45, 2.75) is 25.7 Å². The van der Waals surface area contributed by atoms with Crippen LogP contribution in [-0.4, -0.2) is 33.4 Å². The van der Waals surface area contributed by atoms with Crippen LogP contribution in [0.5, 0.6) is 0 Å². The second kappa shape index (κ2) is 7.01. The predicted molar refractivity (Wildman–Crippen MR) is 97.8 cm³/mol. The molecule has 4 rings (SSSR count). The highest BCUT2D eigenvalue weighted by atomic mass is 35.5. The van der Waals surface area contributed by atoms with Crippen molar-refractivity contribution in [2.24, 2.45) is 0 Å². The van der Waals surface area contributed by atoms with Crippen LogP contribution in [0.3, 0.4) is 0 Å². The average Bonchev–Trinajstić information content (AvgIpc) is 2.89. The molecule has 25 heavy (non-hydrogen) atoms. The molecule has 130 valence electrons. The van der Waals surface area contributed by atoms with Gasteiger partial charge in [-0.15, -0.1) is 0 Å². The van der Waals surface area contributed by atoms with Gasteiger partial charge in [-0.1, -0.05) is 36.0 Å². The van der Waals surface area contributed by atoms with E-state index in [0.29, 0.717) is 27.2 Å². The van der Waals surface area contributed by atoms with Crippen LogP contribution >= 0.6 is 23.2 Å². The Morgan fingerprint density at radius 2 is 1.64 bits per heavy atom. The van der Waals surface area contributed by atoms with Crippen LogP contribution in [0.1, 0.15) is 25.7 Å². The van der Waals surface area contributed by atoms with Crippen LogP contribution in [-0.2, 0) is 0 Å². The molecule has 9 heteroatoms. The molecule has 0 spiro atoms. The smallest absolute Gasteiger partial charge is 0.245 e. The lowest BCUT2D eigenvalue weighted by Crippen LogP contribution is -2.26. The van der Waals surface area contributed by atoms with E-state index in [1.165, 1.54) is 12.8 Å². The van der Waals surface area contributed by atoms with Gasteiger partial charge in [0.2, 0.25) is 11.3 Å². The zero-order chi connectivity index (χ0) is 17.2. The van der Waals surface area contributed by atoms with Gasteiger partial charge in [0.1, 0.15) is 0 Å². The number of benzene rings is 1. The van der Waals surface area contributed by atoms with E-state index in [1.807, 2.05) is 6.07 Å². The number of halogens is 2. The number of hydrogen-bond acceptors (Lipinski definition) is 7. The van der Waals surface area contributed by atoms with E-state index < -0.39 is 0 Å². The highest BCUT2D eigenvalue weighted by molar-refractivity contribution is 6.42. The molecule has 0 amide bonds. The topological polar surface area (TPSA) is 80.0 Å². The Morgan fingerprint density at radius 3 is 2.36 bits per heavy atom. The number of anilines is 3. The third-order valence-corrected chi connectivity index (χ3v) is 4.92. The van der Waals surface area contributed by atoms with E-state index in [9.17, 15) is 0 Å². The van der Waals surface area contributed by atoms with Gasteiger partial charge in [0.25, 0.3) is 0 Å². The predicted octanol–water partition coefficient (Wildman–Crippen LogP) is 4.44. The molecule has 2 aromatic heterocycles. The summed E-state index contributed by atoms with van der Waals surface area (Å²) in [6.45, 7) is 1.86. The first-order valence-corrected chi connectivity index (χ1v) is 8.93. The summed E-state index contributed by atoms with van der Waals surface area (Å²) in [6.07, 6.45) is 4.71. The van der Waals surface area contributed by atoms with Gasteiger partial charge in [-0.2, -0.15) is 0 Å². The Balaban J connectivity index is 1.74. The lowest BCUT2D eigenvalue weighted by Gasteiger charge is -2.23. The molecule has 1 N–H and O–H groups in total. The van der Waals surface area contributed by atoms with E-state index in [0.717, 1.165) is 37.4 Å². The van der Waals surface area contributed by atoms with Crippen LogP contribution in [0, 0.1) is 0 Å². The summed E-state index contributed by atoms with van der Waals surface area (Å²) in [7, 11) is 0. The normalized spacial score (nSPS) is 15.4. The number of nitrogens with zero attached hydrogens (tertiary/aromatic N) is 5. The minimum atomic E-state index is 0.362. The summed E-state index contributed by atoms with van der Waals surface area (Å²) < 4.78 is 4.76. The summed E-state index contributed by atoms with van der Waals surface area (Å²) in [5, 5.41) is 11.9. The molecule has 0 unspecified atom stereocenters. The van der Waals surface area contributed by atoms with E-state index >= 15 is 0 Å². The van der Waals surface area contributed by atoms with Gasteiger partial charge in [-0.3, -0.25) is 0 Å². The standard InChI is InChI=1S/C16H16Cl2N6O/c17-11-6-5-10(9-12(11)18)19-15-16(24-7-3-1-2-4-8-24)21-14-13(20-15)22-25-23-14/h5-6,9H,1-4,7-8H2,(H,19,20,22). The van der Waals surface area contributed by atoms with Gasteiger partial charge >= 0.3 is 0 Å². The molecular weight excluding hydrogens is 363 g/mol. The second-order valence-corrected chi connectivity index (χ2v) is 6.78. The minimum Gasteiger partial charge on any atom is -0.353 e. The highest BCUT2D eigenvalue weighted by Gasteiger charge is 2.20. The highest BCUT2D eigenvalue weighted by Crippen LogP contribution is 2.31. The van der Waals surface area contributed by atoms with E-state index in [2.05, 4.69) is 30.5 Å². The Bertz CT molecular complexity index is 891. The maximum absolute atomic E-state index is 6.11. The Kier molecular flexibility index (Phi) is 4.59. The molecule has 1 aromatic carbocycles. The monoisotopic (exact) mass is 378 g/mol. The molecule has 0 bridgehead atoms. The number of aromatic nitrogens is 4. The Labute approximate surface area is 154 Å². The van der Waals surface area contributed by atoms with Crippen LogP contribution in [0.2, 0.25) is 10.0 Å². The van der Waals surface area contributed by atoms with Gasteiger partial charge in [0, 0.05) is 18.8 Å². The molecule has 1 aliphatic heterocycles. The van der Waals surface area contributed by atoms with Crippen molar-refractivity contribution in [3.05, 3.63) is 28.2 Å². The summed E-state index contributed by atoms with van der Waals surface area (Å²) >= 11 is 12.1. The molecule has 3 heterocycles. The second-order valence-electron chi connectivity index (χ2n) is 5.96. The molecule has 0 saturated carbocycles. The van der Waals surface area contributed by atoms with Crippen LogP contribution in [0.15, 0.2) is 22.8 Å². The fraction of sp³-hybridized carbons (Fsp3) is 0.375. The molecule has 1 aliphatic rings. The molecular formula is C16H16Cl2N6O. The molecule has 0 radical (unpaired) electrons. The van der Waals surface area contributed by atoms with Crippen LogP contribution in [0.25, 0.3) is 11.3 Å². The van der Waals surface area contributed by atoms with Gasteiger partial charge in [0.05, 0.1) is 10.0 Å². The van der Waals surface area contributed by atoms with Crippen molar-refractivity contribution in [3.63, 3.8) is 0 Å². The minimum absolute atomic E-state index is 0.362. The van der Waals surface area contributed by atoms with Gasteiger partial charge in [-0.05, 0) is 41.4 Å². The van der Waals surface area contributed by atoms with Crippen molar-refractivity contribution in [2.75, 3.05) is 23.3 Å². The fourth-order valence-electron chi connectivity index (χ4n) is 2.93. The first-order valence-electron chi connectivity index (χ1n) is 8.18. The summed E-state index contributed by atoms with van der Waals surface area (Å²) in [5.41, 5.74) is 1.54. The number of fused-ring (bicyclic) bond motifs is 1. The fourth-order valence-corrected chi connectivity index (χ4v) is 3.22. The quantitative estimate of drug-likeness (QED) is 0.720. The number of nitrogens with one attached hydrogen (secondary N) is 1. The Hall–Kier alpha value is -2.12. The molecule has 0 aliphatic carbocycles. The van der Waals surface area contributed by atoms with Gasteiger partial charge in [0.15, 0.2) is 11.6 Å². The summed E-state index contributed by atoms with van der Waals surface area (Å²) in [6, 6.07) is 5.33. The zero-order valence-corrected chi connectivity index (χ0v) is 14.9.